The minimum Gasteiger partial charge on any atom is -0.427 e. The van der Waals surface area contributed by atoms with E-state index in [4.69, 9.17) is 8.42 Å². The summed E-state index contributed by atoms with van der Waals surface area (Å²) >= 11 is -1.08. The van der Waals surface area contributed by atoms with Crippen LogP contribution in [0.3, 0.4) is 0 Å². The summed E-state index contributed by atoms with van der Waals surface area (Å²) in [4.78, 5) is 0. The number of hydrogen-bond donors (Lipinski definition) is 0. The second kappa shape index (κ2) is 10.6. The summed E-state index contributed by atoms with van der Waals surface area (Å²) in [5, 5.41) is 0. The molecule has 0 saturated heterocycles. The molecule has 0 aliphatic heterocycles. The quantitative estimate of drug-likeness (QED) is 0.316. The van der Waals surface area contributed by atoms with Crippen LogP contribution in [-0.2, 0) is 20.0 Å². The molecule has 0 aliphatic rings. The highest BCUT2D eigenvalue weighted by Crippen LogP contribution is 0.942. The van der Waals surface area contributed by atoms with E-state index in [0.29, 0.717) is 0 Å². The molecule has 0 atom stereocenters. The van der Waals surface area contributed by atoms with Crippen molar-refractivity contribution in [3.8, 4) is 0 Å². The van der Waals surface area contributed by atoms with Gasteiger partial charge in [0, 0.05) is 0 Å². The Morgan fingerprint density at radius 3 is 1.25 bits per heavy atom. The molecule has 0 aromatic carbocycles. The van der Waals surface area contributed by atoms with Crippen LogP contribution in [0.4, 0.5) is 0 Å². The van der Waals surface area contributed by atoms with Crippen LogP contribution >= 0.6 is 12.4 Å². The Balaban J connectivity index is 0. The summed E-state index contributed by atoms with van der Waals surface area (Å²) < 4.78 is 16.7. The SMILES string of the molecule is Cl.O=[SH-]=O. The standard InChI is InChI=1S/ClH.HO2S/c;1-3-2/h1H;3H/q;-1. The molecule has 0 heterocycles. The predicted octanol–water partition coefficient (Wildman–Crippen LogP) is -0.0859. The molecule has 28 valence electrons. The maximum Gasteiger partial charge on any atom is -0.0885 e. The minimum absolute atomic E-state index is 0. The van der Waals surface area contributed by atoms with E-state index in [0.717, 1.165) is 0 Å². The Kier molecular flexibility index (Phi) is 23.4. The van der Waals surface area contributed by atoms with E-state index in [2.05, 4.69) is 0 Å². The van der Waals surface area contributed by atoms with E-state index < -0.39 is 11.6 Å². The van der Waals surface area contributed by atoms with Crippen molar-refractivity contribution in [1.29, 1.82) is 0 Å². The monoisotopic (exact) mass is 101 g/mol. The molecule has 0 aromatic rings. The van der Waals surface area contributed by atoms with Gasteiger partial charge in [0.2, 0.25) is 0 Å². The molecule has 4 heteroatoms. The summed E-state index contributed by atoms with van der Waals surface area (Å²) in [6.45, 7) is 0. The van der Waals surface area contributed by atoms with Crippen LogP contribution < -0.4 is 0 Å². The maximum absolute atomic E-state index is 8.35. The zero-order valence-electron chi connectivity index (χ0n) is 1.67. The summed E-state index contributed by atoms with van der Waals surface area (Å²) in [7, 11) is 0. The van der Waals surface area contributed by atoms with Gasteiger partial charge in [0.25, 0.3) is 0 Å². The third-order valence-electron chi connectivity index (χ3n) is 0. The highest BCUT2D eigenvalue weighted by molar-refractivity contribution is 7.51. The summed E-state index contributed by atoms with van der Waals surface area (Å²) in [6.07, 6.45) is 0. The van der Waals surface area contributed by atoms with Crippen molar-refractivity contribution in [2.45, 2.75) is 0 Å². The molecule has 0 fully saturated rings. The maximum atomic E-state index is 8.35. The van der Waals surface area contributed by atoms with Crippen LogP contribution in [0.25, 0.3) is 0 Å². The molecule has 0 spiro atoms. The van der Waals surface area contributed by atoms with E-state index in [1.165, 1.54) is 0 Å². The minimum atomic E-state index is -1.08. The molecule has 4 heavy (non-hydrogen) atoms. The van der Waals surface area contributed by atoms with Crippen molar-refractivity contribution >= 4 is 24.0 Å². The first kappa shape index (κ1) is 8.87. The number of halogens is 1. The molecule has 0 rings (SSSR count). The van der Waals surface area contributed by atoms with Crippen LogP contribution in [-0.4, -0.2) is 0 Å². The van der Waals surface area contributed by atoms with E-state index in [9.17, 15) is 0 Å². The molecule has 2 nitrogen and oxygen atoms in total. The van der Waals surface area contributed by atoms with Crippen molar-refractivity contribution in [3.05, 3.63) is 0 Å². The van der Waals surface area contributed by atoms with Crippen LogP contribution in [0.5, 0.6) is 0 Å². The van der Waals surface area contributed by atoms with Crippen LogP contribution in [0.1, 0.15) is 0 Å². The Hall–Kier alpha value is 0.240. The number of thiol groups is 1. The van der Waals surface area contributed by atoms with Gasteiger partial charge in [-0.2, -0.15) is 0 Å². The third-order valence-corrected chi connectivity index (χ3v) is 0. The molecule has 0 N–H and O–H groups in total. The van der Waals surface area contributed by atoms with Gasteiger partial charge in [0.05, 0.1) is 0 Å². The average Bonchev–Trinajstić information content (AvgIpc) is 0.918. The molecular formula is H2ClO2S-. The second-order valence-electron chi connectivity index (χ2n) is 0.0745. The van der Waals surface area contributed by atoms with Crippen LogP contribution in [0.15, 0.2) is 0 Å². The van der Waals surface area contributed by atoms with Crippen LogP contribution in [0, 0.1) is 0 Å². The highest BCUT2D eigenvalue weighted by Gasteiger charge is 0.757. The van der Waals surface area contributed by atoms with Gasteiger partial charge in [-0.05, 0) is 0 Å². The van der Waals surface area contributed by atoms with Gasteiger partial charge in [-0.15, -0.1) is 12.4 Å². The number of rotatable bonds is 0. The van der Waals surface area contributed by atoms with E-state index in [-0.39, 0.29) is 12.4 Å². The lowest BCUT2D eigenvalue weighted by atomic mass is 15.9. The van der Waals surface area contributed by atoms with Gasteiger partial charge < -0.3 is 8.42 Å². The Morgan fingerprint density at radius 1 is 1.25 bits per heavy atom. The van der Waals surface area contributed by atoms with E-state index in [1.54, 1.807) is 0 Å². The average molecular weight is 102 g/mol. The van der Waals surface area contributed by atoms with Gasteiger partial charge in [0.1, 0.15) is 0 Å². The van der Waals surface area contributed by atoms with Gasteiger partial charge in [0.15, 0.2) is 0 Å². The van der Waals surface area contributed by atoms with E-state index >= 15 is 0 Å². The zero-order valence-corrected chi connectivity index (χ0v) is 3.38. The lowest BCUT2D eigenvalue weighted by molar-refractivity contribution is 0.541. The fourth-order valence-electron chi connectivity index (χ4n) is 0. The third kappa shape index (κ3) is 59.8. The lowest BCUT2D eigenvalue weighted by Gasteiger charge is -1.27. The van der Waals surface area contributed by atoms with Crippen molar-refractivity contribution in [2.75, 3.05) is 0 Å². The Morgan fingerprint density at radius 2 is 1.25 bits per heavy atom. The predicted molar refractivity (Wildman–Crippen MR) is 17.4 cm³/mol. The smallest absolute Gasteiger partial charge is 0.0885 e. The second-order valence-corrected chi connectivity index (χ2v) is 0.224. The van der Waals surface area contributed by atoms with Crippen molar-refractivity contribution < 1.29 is 8.42 Å². The molecule has 0 amide bonds. The first-order valence-corrected chi connectivity index (χ1v) is 1.10. The number of hydrogen-bond acceptors (Lipinski definition) is 3. The molecule has 0 aliphatic carbocycles. The van der Waals surface area contributed by atoms with Crippen LogP contribution in [0.2, 0.25) is 0 Å². The highest BCUT2D eigenvalue weighted by atomic mass is 35.5. The fourth-order valence-corrected chi connectivity index (χ4v) is 0. The molecule has 0 aromatic heterocycles. The molecular weight excluding hydrogens is 99.5 g/mol. The Bertz CT molecular complexity index is 27.0. The van der Waals surface area contributed by atoms with Crippen molar-refractivity contribution in [2.24, 2.45) is 0 Å². The first-order valence-electron chi connectivity index (χ1n) is 0.365. The van der Waals surface area contributed by atoms with Gasteiger partial charge in [-0.3, -0.25) is 0 Å². The van der Waals surface area contributed by atoms with E-state index in [1.807, 2.05) is 0 Å². The zero-order chi connectivity index (χ0) is 2.71. The summed E-state index contributed by atoms with van der Waals surface area (Å²) in [5.74, 6) is 0. The first-order chi connectivity index (χ1) is 1.41. The topological polar surface area (TPSA) is 34.1 Å². The molecule has 0 radical (unpaired) electrons. The largest absolute Gasteiger partial charge is 0.427 e. The lowest BCUT2D eigenvalue weighted by Crippen LogP contribution is -1.06. The van der Waals surface area contributed by atoms with Gasteiger partial charge >= 0.3 is 0 Å². The van der Waals surface area contributed by atoms with Gasteiger partial charge in [-0.1, -0.05) is 11.6 Å². The van der Waals surface area contributed by atoms with Crippen molar-refractivity contribution in [1.82, 2.24) is 0 Å². The van der Waals surface area contributed by atoms with Gasteiger partial charge in [-0.25, -0.2) is 0 Å². The molecule has 0 saturated carbocycles. The van der Waals surface area contributed by atoms with Crippen molar-refractivity contribution in [3.63, 3.8) is 0 Å². The normalized spacial score (nSPS) is 4.00. The molecule has 0 bridgehead atoms. The summed E-state index contributed by atoms with van der Waals surface area (Å²) in [6, 6.07) is 0. The molecule has 0 unspecified atom stereocenters. The Labute approximate surface area is 33.2 Å². The fraction of sp³-hybridized carbons (Fsp3) is 0. The summed E-state index contributed by atoms with van der Waals surface area (Å²) in [5.41, 5.74) is 0.